The highest BCUT2D eigenvalue weighted by atomic mass is 16.5. The Balaban J connectivity index is 2.92. The Kier molecular flexibility index (Phi) is 4.66. The summed E-state index contributed by atoms with van der Waals surface area (Å²) in [4.78, 5) is 22.6. The van der Waals surface area contributed by atoms with Crippen LogP contribution in [-0.2, 0) is 14.3 Å². The normalized spacial score (nSPS) is 11.7. The van der Waals surface area contributed by atoms with Gasteiger partial charge in [0.15, 0.2) is 0 Å². The predicted octanol–water partition coefficient (Wildman–Crippen LogP) is 0.688. The number of carbonyl (C=O) groups excluding carboxylic acids is 2. The minimum Gasteiger partial charge on any atom is -0.469 e. The van der Waals surface area contributed by atoms with Gasteiger partial charge in [0.05, 0.1) is 25.7 Å². The first-order chi connectivity index (χ1) is 8.13. The Morgan fingerprint density at radius 3 is 2.18 bits per heavy atom. The smallest absolute Gasteiger partial charge is 0.337 e. The largest absolute Gasteiger partial charge is 0.469 e. The lowest BCUT2D eigenvalue weighted by atomic mass is 9.98. The van der Waals surface area contributed by atoms with Crippen molar-refractivity contribution in [3.8, 4) is 0 Å². The second-order valence-electron chi connectivity index (χ2n) is 3.43. The first-order valence-electron chi connectivity index (χ1n) is 5.10. The fourth-order valence-corrected chi connectivity index (χ4v) is 1.48. The van der Waals surface area contributed by atoms with Gasteiger partial charge in [0, 0.05) is 6.54 Å². The van der Waals surface area contributed by atoms with E-state index in [2.05, 4.69) is 9.47 Å². The molecule has 92 valence electrons. The topological polar surface area (TPSA) is 78.6 Å². The third kappa shape index (κ3) is 3.04. The van der Waals surface area contributed by atoms with Crippen molar-refractivity contribution in [3.05, 3.63) is 35.4 Å². The van der Waals surface area contributed by atoms with Gasteiger partial charge in [-0.05, 0) is 17.7 Å². The van der Waals surface area contributed by atoms with Gasteiger partial charge >= 0.3 is 11.9 Å². The SMILES string of the molecule is COC(=O)c1ccc(C(CN)C(=O)OC)cc1. The number of carbonyl (C=O) groups is 2. The number of hydrogen-bond acceptors (Lipinski definition) is 5. The molecule has 0 amide bonds. The van der Waals surface area contributed by atoms with Crippen LogP contribution in [0, 0.1) is 0 Å². The lowest BCUT2D eigenvalue weighted by Gasteiger charge is -2.12. The van der Waals surface area contributed by atoms with Crippen LogP contribution >= 0.6 is 0 Å². The van der Waals surface area contributed by atoms with Crippen LogP contribution in [0.4, 0.5) is 0 Å². The van der Waals surface area contributed by atoms with Gasteiger partial charge in [-0.25, -0.2) is 4.79 Å². The van der Waals surface area contributed by atoms with E-state index < -0.39 is 17.9 Å². The Hall–Kier alpha value is -1.88. The molecule has 0 saturated carbocycles. The fraction of sp³-hybridized carbons (Fsp3) is 0.333. The average molecular weight is 237 g/mol. The molecule has 1 aromatic carbocycles. The minimum absolute atomic E-state index is 0.157. The molecule has 1 unspecified atom stereocenters. The van der Waals surface area contributed by atoms with Crippen LogP contribution in [-0.4, -0.2) is 32.7 Å². The number of benzene rings is 1. The average Bonchev–Trinajstić information content (AvgIpc) is 2.39. The van der Waals surface area contributed by atoms with E-state index in [9.17, 15) is 9.59 Å². The molecule has 0 aliphatic carbocycles. The summed E-state index contributed by atoms with van der Waals surface area (Å²) in [6.45, 7) is 0.157. The first-order valence-corrected chi connectivity index (χ1v) is 5.10. The Morgan fingerprint density at radius 1 is 1.18 bits per heavy atom. The second kappa shape index (κ2) is 6.00. The van der Waals surface area contributed by atoms with Crippen molar-refractivity contribution in [2.45, 2.75) is 5.92 Å². The van der Waals surface area contributed by atoms with Crippen molar-refractivity contribution in [1.29, 1.82) is 0 Å². The number of hydrogen-bond donors (Lipinski definition) is 1. The lowest BCUT2D eigenvalue weighted by molar-refractivity contribution is -0.142. The summed E-state index contributed by atoms with van der Waals surface area (Å²) >= 11 is 0. The number of esters is 2. The van der Waals surface area contributed by atoms with E-state index in [1.807, 2.05) is 0 Å². The Morgan fingerprint density at radius 2 is 1.76 bits per heavy atom. The van der Waals surface area contributed by atoms with Crippen molar-refractivity contribution in [1.82, 2.24) is 0 Å². The van der Waals surface area contributed by atoms with Gasteiger partial charge in [0.2, 0.25) is 0 Å². The molecule has 0 fully saturated rings. The highest BCUT2D eigenvalue weighted by molar-refractivity contribution is 5.89. The van der Waals surface area contributed by atoms with Crippen LogP contribution in [0.1, 0.15) is 21.8 Å². The van der Waals surface area contributed by atoms with Crippen molar-refractivity contribution >= 4 is 11.9 Å². The minimum atomic E-state index is -0.508. The van der Waals surface area contributed by atoms with E-state index in [0.717, 1.165) is 0 Å². The monoisotopic (exact) mass is 237 g/mol. The molecule has 0 saturated heterocycles. The maximum absolute atomic E-state index is 11.4. The molecule has 0 radical (unpaired) electrons. The molecule has 0 aliphatic heterocycles. The third-order valence-electron chi connectivity index (χ3n) is 2.46. The lowest BCUT2D eigenvalue weighted by Crippen LogP contribution is -2.22. The standard InChI is InChI=1S/C12H15NO4/c1-16-11(14)9-5-3-8(4-6-9)10(7-13)12(15)17-2/h3-6,10H,7,13H2,1-2H3. The molecule has 0 heterocycles. The summed E-state index contributed by atoms with van der Waals surface area (Å²) < 4.78 is 9.22. The summed E-state index contributed by atoms with van der Waals surface area (Å²) in [6.07, 6.45) is 0. The molecule has 5 nitrogen and oxygen atoms in total. The van der Waals surface area contributed by atoms with Gasteiger partial charge in [-0.1, -0.05) is 12.1 Å². The molecule has 2 N–H and O–H groups in total. The summed E-state index contributed by atoms with van der Waals surface area (Å²) in [7, 11) is 2.63. The van der Waals surface area contributed by atoms with Crippen LogP contribution in [0.2, 0.25) is 0 Å². The van der Waals surface area contributed by atoms with Gasteiger partial charge in [-0.15, -0.1) is 0 Å². The third-order valence-corrected chi connectivity index (χ3v) is 2.46. The van der Waals surface area contributed by atoms with Gasteiger partial charge in [0.1, 0.15) is 0 Å². The van der Waals surface area contributed by atoms with E-state index >= 15 is 0 Å². The van der Waals surface area contributed by atoms with Crippen LogP contribution in [0.25, 0.3) is 0 Å². The van der Waals surface area contributed by atoms with E-state index in [4.69, 9.17) is 5.73 Å². The number of nitrogens with two attached hydrogens (primary N) is 1. The van der Waals surface area contributed by atoms with Crippen LogP contribution in [0.3, 0.4) is 0 Å². The Bertz CT molecular complexity index is 399. The van der Waals surface area contributed by atoms with Crippen molar-refractivity contribution in [3.63, 3.8) is 0 Å². The Labute approximate surface area is 99.5 Å². The van der Waals surface area contributed by atoms with Crippen LogP contribution in [0.15, 0.2) is 24.3 Å². The van der Waals surface area contributed by atoms with Gasteiger partial charge in [0.25, 0.3) is 0 Å². The molecule has 0 aliphatic rings. The molecule has 1 atom stereocenters. The van der Waals surface area contributed by atoms with Crippen molar-refractivity contribution in [2.75, 3.05) is 20.8 Å². The molecular formula is C12H15NO4. The number of rotatable bonds is 4. The summed E-state index contributed by atoms with van der Waals surface area (Å²) in [5.41, 5.74) is 6.66. The molecular weight excluding hydrogens is 222 g/mol. The maximum Gasteiger partial charge on any atom is 0.337 e. The van der Waals surface area contributed by atoms with E-state index in [-0.39, 0.29) is 6.54 Å². The quantitative estimate of drug-likeness (QED) is 0.779. The molecule has 1 rings (SSSR count). The van der Waals surface area contributed by atoms with E-state index in [1.165, 1.54) is 14.2 Å². The first kappa shape index (κ1) is 13.2. The van der Waals surface area contributed by atoms with Crippen molar-refractivity contribution < 1.29 is 19.1 Å². The highest BCUT2D eigenvalue weighted by Crippen LogP contribution is 2.17. The molecule has 0 bridgehead atoms. The zero-order valence-electron chi connectivity index (χ0n) is 9.80. The molecule has 17 heavy (non-hydrogen) atoms. The molecule has 0 aromatic heterocycles. The summed E-state index contributed by atoms with van der Waals surface area (Å²) in [6, 6.07) is 6.51. The molecule has 1 aromatic rings. The van der Waals surface area contributed by atoms with Gasteiger partial charge in [-0.2, -0.15) is 0 Å². The highest BCUT2D eigenvalue weighted by Gasteiger charge is 2.19. The van der Waals surface area contributed by atoms with Crippen molar-refractivity contribution in [2.24, 2.45) is 5.73 Å². The fourth-order valence-electron chi connectivity index (χ4n) is 1.48. The van der Waals surface area contributed by atoms with E-state index in [1.54, 1.807) is 24.3 Å². The van der Waals surface area contributed by atoms with Gasteiger partial charge in [-0.3, -0.25) is 4.79 Å². The van der Waals surface area contributed by atoms with Crippen LogP contribution < -0.4 is 5.73 Å². The van der Waals surface area contributed by atoms with E-state index in [0.29, 0.717) is 11.1 Å². The molecule has 0 spiro atoms. The second-order valence-corrected chi connectivity index (χ2v) is 3.43. The number of ether oxygens (including phenoxy) is 2. The predicted molar refractivity (Wildman–Crippen MR) is 61.6 cm³/mol. The zero-order valence-corrected chi connectivity index (χ0v) is 9.80. The van der Waals surface area contributed by atoms with Crippen LogP contribution in [0.5, 0.6) is 0 Å². The molecule has 5 heteroatoms. The maximum atomic E-state index is 11.4. The summed E-state index contributed by atoms with van der Waals surface area (Å²) in [5.74, 6) is -1.32. The summed E-state index contributed by atoms with van der Waals surface area (Å²) in [5, 5.41) is 0. The van der Waals surface area contributed by atoms with Gasteiger partial charge < -0.3 is 15.2 Å². The number of methoxy groups -OCH3 is 2. The zero-order chi connectivity index (χ0) is 12.8.